The molecule has 0 saturated heterocycles. The van der Waals surface area contributed by atoms with Crippen molar-refractivity contribution >= 4 is 5.91 Å². The molecule has 0 aliphatic carbocycles. The molecule has 4 nitrogen and oxygen atoms in total. The van der Waals surface area contributed by atoms with Crippen LogP contribution in [0.2, 0.25) is 0 Å². The summed E-state index contributed by atoms with van der Waals surface area (Å²) in [5.41, 5.74) is 5.11. The van der Waals surface area contributed by atoms with Crippen LogP contribution < -0.4 is 5.73 Å². The highest BCUT2D eigenvalue weighted by atomic mass is 16.3. The highest BCUT2D eigenvalue weighted by Gasteiger charge is 1.96. The fourth-order valence-corrected chi connectivity index (χ4v) is 2.67. The van der Waals surface area contributed by atoms with Gasteiger partial charge in [0, 0.05) is 6.42 Å². The van der Waals surface area contributed by atoms with Crippen LogP contribution in [0.25, 0.3) is 0 Å². The van der Waals surface area contributed by atoms with Gasteiger partial charge in [0.05, 0.1) is 13.2 Å². The zero-order chi connectivity index (χ0) is 18.3. The quantitative estimate of drug-likeness (QED) is 0.334. The molecule has 0 aliphatic rings. The molecule has 0 aliphatic heterocycles. The minimum Gasteiger partial charge on any atom is -0.394 e. The highest BCUT2D eigenvalue weighted by molar-refractivity contribution is 5.73. The van der Waals surface area contributed by atoms with E-state index in [1.807, 2.05) is 0 Å². The van der Waals surface area contributed by atoms with Crippen LogP contribution >= 0.6 is 0 Å². The van der Waals surface area contributed by atoms with Crippen molar-refractivity contribution < 1.29 is 15.0 Å². The minimum atomic E-state index is -0.153. The zero-order valence-corrected chi connectivity index (χ0v) is 16.1. The number of unbranched alkanes of at least 4 members (excludes halogenated alkanes) is 14. The Kier molecular flexibility index (Phi) is 26.3. The number of hydrogen-bond acceptors (Lipinski definition) is 3. The molecule has 0 heterocycles. The van der Waals surface area contributed by atoms with E-state index in [1.165, 1.54) is 89.9 Å². The van der Waals surface area contributed by atoms with Crippen molar-refractivity contribution in [3.05, 3.63) is 0 Å². The molecule has 24 heavy (non-hydrogen) atoms. The number of primary amides is 1. The Bertz CT molecular complexity index is 233. The zero-order valence-electron chi connectivity index (χ0n) is 16.1. The second kappa shape index (κ2) is 24.6. The van der Waals surface area contributed by atoms with E-state index in [2.05, 4.69) is 6.92 Å². The summed E-state index contributed by atoms with van der Waals surface area (Å²) in [6.45, 7) is 2.03. The van der Waals surface area contributed by atoms with Gasteiger partial charge in [-0.3, -0.25) is 4.79 Å². The first-order chi connectivity index (χ1) is 11.7. The number of carbonyl (C=O) groups is 1. The van der Waals surface area contributed by atoms with Gasteiger partial charge in [0.2, 0.25) is 5.91 Å². The van der Waals surface area contributed by atoms with E-state index in [-0.39, 0.29) is 19.1 Å². The number of rotatable bonds is 17. The highest BCUT2D eigenvalue weighted by Crippen LogP contribution is 2.13. The van der Waals surface area contributed by atoms with Gasteiger partial charge in [-0.2, -0.15) is 0 Å². The van der Waals surface area contributed by atoms with Crippen molar-refractivity contribution in [2.75, 3.05) is 13.2 Å². The normalized spacial score (nSPS) is 10.3. The van der Waals surface area contributed by atoms with Gasteiger partial charge < -0.3 is 15.9 Å². The third-order valence-corrected chi connectivity index (χ3v) is 4.13. The van der Waals surface area contributed by atoms with Gasteiger partial charge in [-0.1, -0.05) is 96.8 Å². The topological polar surface area (TPSA) is 83.6 Å². The summed E-state index contributed by atoms with van der Waals surface area (Å²) in [5.74, 6) is -0.153. The largest absolute Gasteiger partial charge is 0.394 e. The average molecular weight is 346 g/mol. The minimum absolute atomic E-state index is 0.125. The van der Waals surface area contributed by atoms with Gasteiger partial charge in [0.1, 0.15) is 0 Å². The molecule has 146 valence electrons. The van der Waals surface area contributed by atoms with E-state index in [9.17, 15) is 4.79 Å². The summed E-state index contributed by atoms with van der Waals surface area (Å²) in [4.78, 5) is 10.6. The Labute approximate surface area is 150 Å². The van der Waals surface area contributed by atoms with Crippen LogP contribution in [0.1, 0.15) is 110 Å². The Morgan fingerprint density at radius 1 is 0.625 bits per heavy atom. The van der Waals surface area contributed by atoms with E-state index in [4.69, 9.17) is 15.9 Å². The lowest BCUT2D eigenvalue weighted by Gasteiger charge is -2.03. The molecule has 0 aromatic carbocycles. The van der Waals surface area contributed by atoms with E-state index >= 15 is 0 Å². The Morgan fingerprint density at radius 2 is 0.917 bits per heavy atom. The summed E-state index contributed by atoms with van der Waals surface area (Å²) in [6.07, 6.45) is 20.9. The standard InChI is InChI=1S/C18H37NO.C2H6O2/c1-2-3-4-5-6-7-8-9-10-11-12-13-14-15-16-17-18(19)20;3-1-2-4/h2-17H2,1H3,(H2,19,20);3-4H,1-2H2. The molecule has 4 N–H and O–H groups in total. The van der Waals surface area contributed by atoms with Crippen LogP contribution in [-0.4, -0.2) is 29.3 Å². The third-order valence-electron chi connectivity index (χ3n) is 4.13. The first-order valence-corrected chi connectivity index (χ1v) is 10.2. The van der Waals surface area contributed by atoms with Gasteiger partial charge in [-0.25, -0.2) is 0 Å². The maximum absolute atomic E-state index is 10.6. The second-order valence-electron chi connectivity index (χ2n) is 6.61. The van der Waals surface area contributed by atoms with Crippen molar-refractivity contribution in [1.29, 1.82) is 0 Å². The van der Waals surface area contributed by atoms with Gasteiger partial charge in [0.25, 0.3) is 0 Å². The number of hydrogen-bond donors (Lipinski definition) is 3. The summed E-state index contributed by atoms with van der Waals surface area (Å²) < 4.78 is 0. The van der Waals surface area contributed by atoms with Crippen LogP contribution in [0.3, 0.4) is 0 Å². The number of amides is 1. The van der Waals surface area contributed by atoms with Crippen molar-refractivity contribution in [1.82, 2.24) is 0 Å². The SMILES string of the molecule is CCCCCCCCCCCCCCCCCC(N)=O.OCCO. The monoisotopic (exact) mass is 345 g/mol. The predicted octanol–water partition coefficient (Wildman–Crippen LogP) is 4.70. The molecule has 0 aromatic rings. The maximum atomic E-state index is 10.6. The van der Waals surface area contributed by atoms with Crippen LogP contribution in [0.5, 0.6) is 0 Å². The molecule has 0 saturated carbocycles. The van der Waals surface area contributed by atoms with Crippen molar-refractivity contribution in [3.63, 3.8) is 0 Å². The molecule has 0 rings (SSSR count). The molecule has 0 aromatic heterocycles. The second-order valence-corrected chi connectivity index (χ2v) is 6.61. The van der Waals surface area contributed by atoms with E-state index < -0.39 is 0 Å². The van der Waals surface area contributed by atoms with Crippen LogP contribution in [-0.2, 0) is 4.79 Å². The van der Waals surface area contributed by atoms with E-state index in [0.717, 1.165) is 6.42 Å². The lowest BCUT2D eigenvalue weighted by atomic mass is 10.0. The third kappa shape index (κ3) is 29.4. The van der Waals surface area contributed by atoms with Crippen LogP contribution in [0.15, 0.2) is 0 Å². The number of aliphatic hydroxyl groups excluding tert-OH is 2. The summed E-state index contributed by atoms with van der Waals surface area (Å²) in [6, 6.07) is 0. The summed E-state index contributed by atoms with van der Waals surface area (Å²) in [5, 5.41) is 15.2. The van der Waals surface area contributed by atoms with Crippen molar-refractivity contribution in [2.24, 2.45) is 5.73 Å². The number of nitrogens with two attached hydrogens (primary N) is 1. The van der Waals surface area contributed by atoms with Gasteiger partial charge in [0.15, 0.2) is 0 Å². The Hall–Kier alpha value is -0.610. The molecular formula is C20H43NO3. The van der Waals surface area contributed by atoms with Crippen LogP contribution in [0.4, 0.5) is 0 Å². The van der Waals surface area contributed by atoms with Crippen molar-refractivity contribution in [3.8, 4) is 0 Å². The molecule has 0 bridgehead atoms. The number of carbonyl (C=O) groups excluding carboxylic acids is 1. The summed E-state index contributed by atoms with van der Waals surface area (Å²) >= 11 is 0. The lowest BCUT2D eigenvalue weighted by Crippen LogP contribution is -2.09. The Balaban J connectivity index is 0. The molecule has 0 spiro atoms. The fourth-order valence-electron chi connectivity index (χ4n) is 2.67. The predicted molar refractivity (Wildman–Crippen MR) is 103 cm³/mol. The molecule has 0 fully saturated rings. The molecule has 4 heteroatoms. The van der Waals surface area contributed by atoms with Gasteiger partial charge in [-0.05, 0) is 6.42 Å². The van der Waals surface area contributed by atoms with Gasteiger partial charge >= 0.3 is 0 Å². The van der Waals surface area contributed by atoms with Crippen molar-refractivity contribution in [2.45, 2.75) is 110 Å². The lowest BCUT2D eigenvalue weighted by molar-refractivity contribution is -0.118. The average Bonchev–Trinajstić information content (AvgIpc) is 2.58. The summed E-state index contributed by atoms with van der Waals surface area (Å²) in [7, 11) is 0. The molecular weight excluding hydrogens is 302 g/mol. The van der Waals surface area contributed by atoms with E-state index in [1.54, 1.807) is 0 Å². The smallest absolute Gasteiger partial charge is 0.217 e. The molecule has 0 unspecified atom stereocenters. The number of aliphatic hydroxyl groups is 2. The van der Waals surface area contributed by atoms with E-state index in [0.29, 0.717) is 6.42 Å². The Morgan fingerprint density at radius 3 is 1.17 bits per heavy atom. The first kappa shape index (κ1) is 25.6. The molecule has 0 radical (unpaired) electrons. The van der Waals surface area contributed by atoms with Crippen LogP contribution in [0, 0.1) is 0 Å². The molecule has 1 amide bonds. The fraction of sp³-hybridized carbons (Fsp3) is 0.950. The van der Waals surface area contributed by atoms with Gasteiger partial charge in [-0.15, -0.1) is 0 Å². The maximum Gasteiger partial charge on any atom is 0.217 e. The first-order valence-electron chi connectivity index (χ1n) is 10.2. The molecule has 0 atom stereocenters.